The molecule has 9 heteroatoms. The van der Waals surface area contributed by atoms with Crippen molar-refractivity contribution in [3.8, 4) is 5.75 Å². The SMILES string of the molecule is CCNC(=NCc1ccc(O)c(F)c1)N1CCN(C(=O)c2ccco2)CC1.I. The molecule has 2 aromatic rings. The second kappa shape index (κ2) is 10.3. The summed E-state index contributed by atoms with van der Waals surface area (Å²) in [6.45, 7) is 5.39. The van der Waals surface area contributed by atoms with Crippen molar-refractivity contribution in [1.29, 1.82) is 0 Å². The van der Waals surface area contributed by atoms with E-state index in [2.05, 4.69) is 15.2 Å². The van der Waals surface area contributed by atoms with Crippen LogP contribution < -0.4 is 5.32 Å². The van der Waals surface area contributed by atoms with Gasteiger partial charge in [0, 0.05) is 32.7 Å². The number of hydrogen-bond acceptors (Lipinski definition) is 4. The van der Waals surface area contributed by atoms with E-state index in [0.29, 0.717) is 50.6 Å². The molecule has 0 saturated carbocycles. The number of nitrogens with one attached hydrogen (secondary N) is 1. The Morgan fingerprint density at radius 3 is 2.57 bits per heavy atom. The van der Waals surface area contributed by atoms with Crippen LogP contribution in [0.1, 0.15) is 23.0 Å². The monoisotopic (exact) mass is 502 g/mol. The lowest BCUT2D eigenvalue weighted by Gasteiger charge is -2.36. The van der Waals surface area contributed by atoms with Gasteiger partial charge in [0.1, 0.15) is 0 Å². The molecule has 1 fully saturated rings. The van der Waals surface area contributed by atoms with E-state index in [9.17, 15) is 14.3 Å². The first-order valence-electron chi connectivity index (χ1n) is 8.92. The van der Waals surface area contributed by atoms with Crippen molar-refractivity contribution in [2.24, 2.45) is 4.99 Å². The summed E-state index contributed by atoms with van der Waals surface area (Å²) in [5, 5.41) is 12.5. The number of carbonyl (C=O) groups excluding carboxylic acids is 1. The molecule has 2 heterocycles. The van der Waals surface area contributed by atoms with Gasteiger partial charge < -0.3 is 24.6 Å². The number of phenols is 1. The Balaban J connectivity index is 0.00000280. The average Bonchev–Trinajstić information content (AvgIpc) is 3.22. The van der Waals surface area contributed by atoms with E-state index < -0.39 is 5.82 Å². The predicted octanol–water partition coefficient (Wildman–Crippen LogP) is 2.67. The lowest BCUT2D eigenvalue weighted by Crippen LogP contribution is -2.53. The molecule has 0 bridgehead atoms. The highest BCUT2D eigenvalue weighted by atomic mass is 127. The second-order valence-electron chi connectivity index (χ2n) is 6.21. The first-order chi connectivity index (χ1) is 13.1. The van der Waals surface area contributed by atoms with Gasteiger partial charge in [-0.3, -0.25) is 4.79 Å². The minimum Gasteiger partial charge on any atom is -0.505 e. The lowest BCUT2D eigenvalue weighted by molar-refractivity contribution is 0.0657. The zero-order valence-electron chi connectivity index (χ0n) is 15.6. The van der Waals surface area contributed by atoms with Gasteiger partial charge in [0.25, 0.3) is 5.91 Å². The number of nitrogens with zero attached hydrogens (tertiary/aromatic N) is 3. The number of piperazine rings is 1. The maximum absolute atomic E-state index is 13.5. The molecule has 1 aliphatic heterocycles. The molecule has 0 atom stereocenters. The first-order valence-corrected chi connectivity index (χ1v) is 8.92. The van der Waals surface area contributed by atoms with Crippen molar-refractivity contribution in [1.82, 2.24) is 15.1 Å². The van der Waals surface area contributed by atoms with Crippen molar-refractivity contribution in [3.63, 3.8) is 0 Å². The molecule has 28 heavy (non-hydrogen) atoms. The van der Waals surface area contributed by atoms with Gasteiger partial charge in [0.2, 0.25) is 0 Å². The van der Waals surface area contributed by atoms with Gasteiger partial charge in [-0.1, -0.05) is 6.07 Å². The van der Waals surface area contributed by atoms with Gasteiger partial charge in [-0.05, 0) is 36.8 Å². The van der Waals surface area contributed by atoms with Crippen molar-refractivity contribution >= 4 is 35.8 Å². The number of aromatic hydroxyl groups is 1. The van der Waals surface area contributed by atoms with E-state index in [1.165, 1.54) is 18.4 Å². The molecule has 1 aliphatic rings. The average molecular weight is 502 g/mol. The van der Waals surface area contributed by atoms with E-state index in [4.69, 9.17) is 4.42 Å². The fourth-order valence-electron chi connectivity index (χ4n) is 2.92. The molecule has 7 nitrogen and oxygen atoms in total. The number of guanidine groups is 1. The Morgan fingerprint density at radius 1 is 1.25 bits per heavy atom. The van der Waals surface area contributed by atoms with E-state index in [1.54, 1.807) is 23.1 Å². The van der Waals surface area contributed by atoms with Crippen LogP contribution in [-0.2, 0) is 6.54 Å². The molecule has 0 aliphatic carbocycles. The Hall–Kier alpha value is -2.30. The third-order valence-corrected chi connectivity index (χ3v) is 4.36. The van der Waals surface area contributed by atoms with Crippen LogP contribution in [0.15, 0.2) is 46.0 Å². The highest BCUT2D eigenvalue weighted by molar-refractivity contribution is 14.0. The van der Waals surface area contributed by atoms with Crippen LogP contribution >= 0.6 is 24.0 Å². The standard InChI is InChI=1S/C19H23FN4O3.HI/c1-2-21-19(22-13-14-5-6-16(25)15(20)12-14)24-9-7-23(8-10-24)18(26)17-4-3-11-27-17;/h3-6,11-12,25H,2,7-10,13H2,1H3,(H,21,22);1H. The number of phenolic OH excluding ortho intramolecular Hbond substituents is 1. The highest BCUT2D eigenvalue weighted by Gasteiger charge is 2.25. The Bertz CT molecular complexity index is 806. The number of rotatable bonds is 4. The number of amides is 1. The third kappa shape index (κ3) is 5.37. The van der Waals surface area contributed by atoms with Crippen LogP contribution in [0, 0.1) is 5.82 Å². The van der Waals surface area contributed by atoms with Crippen molar-refractivity contribution < 1.29 is 18.7 Å². The Kier molecular flexibility index (Phi) is 8.09. The molecular weight excluding hydrogens is 478 g/mol. The maximum Gasteiger partial charge on any atom is 0.289 e. The molecule has 3 rings (SSSR count). The minimum atomic E-state index is -0.655. The number of hydrogen-bond donors (Lipinski definition) is 2. The number of halogens is 2. The summed E-state index contributed by atoms with van der Waals surface area (Å²) < 4.78 is 18.6. The summed E-state index contributed by atoms with van der Waals surface area (Å²) in [5.74, 6) is -0.0691. The van der Waals surface area contributed by atoms with E-state index in [1.807, 2.05) is 6.92 Å². The summed E-state index contributed by atoms with van der Waals surface area (Å²) in [6.07, 6.45) is 1.49. The summed E-state index contributed by atoms with van der Waals surface area (Å²) in [5.41, 5.74) is 0.673. The zero-order valence-corrected chi connectivity index (χ0v) is 17.9. The second-order valence-corrected chi connectivity index (χ2v) is 6.21. The van der Waals surface area contributed by atoms with Crippen LogP contribution in [0.5, 0.6) is 5.75 Å². The van der Waals surface area contributed by atoms with Crippen LogP contribution in [-0.4, -0.2) is 59.5 Å². The largest absolute Gasteiger partial charge is 0.505 e. The molecule has 152 valence electrons. The van der Waals surface area contributed by atoms with Gasteiger partial charge in [-0.2, -0.15) is 0 Å². The number of benzene rings is 1. The lowest BCUT2D eigenvalue weighted by atomic mass is 10.2. The molecule has 0 radical (unpaired) electrons. The summed E-state index contributed by atoms with van der Waals surface area (Å²) in [4.78, 5) is 20.7. The molecule has 1 aromatic heterocycles. The summed E-state index contributed by atoms with van der Waals surface area (Å²) >= 11 is 0. The molecule has 1 aromatic carbocycles. The van der Waals surface area contributed by atoms with E-state index >= 15 is 0 Å². The molecule has 1 amide bonds. The number of aliphatic imine (C=N–C) groups is 1. The quantitative estimate of drug-likeness (QED) is 0.382. The molecule has 0 spiro atoms. The van der Waals surface area contributed by atoms with Crippen LogP contribution in [0.3, 0.4) is 0 Å². The predicted molar refractivity (Wildman–Crippen MR) is 114 cm³/mol. The Labute approximate surface area is 180 Å². The third-order valence-electron chi connectivity index (χ3n) is 4.36. The summed E-state index contributed by atoms with van der Waals surface area (Å²) in [6, 6.07) is 7.61. The van der Waals surface area contributed by atoms with Crippen molar-refractivity contribution in [2.75, 3.05) is 32.7 Å². The van der Waals surface area contributed by atoms with Crippen LogP contribution in [0.4, 0.5) is 4.39 Å². The smallest absolute Gasteiger partial charge is 0.289 e. The van der Waals surface area contributed by atoms with Gasteiger partial charge in [-0.15, -0.1) is 24.0 Å². The van der Waals surface area contributed by atoms with Crippen LogP contribution in [0.2, 0.25) is 0 Å². The molecule has 1 saturated heterocycles. The minimum absolute atomic E-state index is 0. The number of furan rings is 1. The first kappa shape index (κ1) is 22.0. The van der Waals surface area contributed by atoms with Crippen molar-refractivity contribution in [3.05, 3.63) is 53.7 Å². The van der Waals surface area contributed by atoms with Crippen molar-refractivity contribution in [2.45, 2.75) is 13.5 Å². The van der Waals surface area contributed by atoms with E-state index in [-0.39, 0.29) is 35.6 Å². The zero-order chi connectivity index (χ0) is 19.2. The normalized spacial score (nSPS) is 14.6. The fourth-order valence-corrected chi connectivity index (χ4v) is 2.92. The summed E-state index contributed by atoms with van der Waals surface area (Å²) in [7, 11) is 0. The highest BCUT2D eigenvalue weighted by Crippen LogP contribution is 2.17. The fraction of sp³-hybridized carbons (Fsp3) is 0.368. The van der Waals surface area contributed by atoms with Gasteiger partial charge in [0.05, 0.1) is 12.8 Å². The van der Waals surface area contributed by atoms with Gasteiger partial charge in [-0.25, -0.2) is 9.38 Å². The molecule has 0 unspecified atom stereocenters. The van der Waals surface area contributed by atoms with Gasteiger partial charge in [0.15, 0.2) is 23.3 Å². The topological polar surface area (TPSA) is 81.3 Å². The molecular formula is C19H24FIN4O3. The molecule has 2 N–H and O–H groups in total. The maximum atomic E-state index is 13.5. The number of carbonyl (C=O) groups is 1. The Morgan fingerprint density at radius 2 is 1.96 bits per heavy atom. The van der Waals surface area contributed by atoms with Crippen LogP contribution in [0.25, 0.3) is 0 Å². The van der Waals surface area contributed by atoms with E-state index in [0.717, 1.165) is 5.96 Å². The van der Waals surface area contributed by atoms with Gasteiger partial charge >= 0.3 is 0 Å².